The maximum Gasteiger partial charge on any atom is 0.303 e. The van der Waals surface area contributed by atoms with E-state index in [1.165, 1.54) is 78.2 Å². The summed E-state index contributed by atoms with van der Waals surface area (Å²) in [6.07, 6.45) is 2.53. The van der Waals surface area contributed by atoms with Crippen LogP contribution in [0.3, 0.4) is 0 Å². The van der Waals surface area contributed by atoms with E-state index in [1.54, 1.807) is 0 Å². The first-order valence-electron chi connectivity index (χ1n) is 30.8. The average Bonchev–Trinajstić information content (AvgIpc) is 1.87. The molecule has 4 aliphatic carbocycles. The molecule has 18 atom stereocenters. The zero-order valence-electron chi connectivity index (χ0n) is 50.5. The van der Waals surface area contributed by atoms with Gasteiger partial charge in [-0.3, -0.25) is 19.2 Å². The van der Waals surface area contributed by atoms with Gasteiger partial charge < -0.3 is 52.1 Å². The van der Waals surface area contributed by atoms with E-state index in [4.69, 9.17) is 52.1 Å². The zero-order chi connectivity index (χ0) is 58.8. The summed E-state index contributed by atoms with van der Waals surface area (Å²) in [4.78, 5) is 51.4. The highest BCUT2D eigenvalue weighted by Crippen LogP contribution is 2.67. The van der Waals surface area contributed by atoms with Crippen LogP contribution in [0.2, 0.25) is 0 Å². The normalized spacial score (nSPS) is 34.3. The van der Waals surface area contributed by atoms with Crippen LogP contribution in [0.5, 0.6) is 0 Å². The van der Waals surface area contributed by atoms with E-state index < -0.39 is 91.9 Å². The van der Waals surface area contributed by atoms with Crippen molar-refractivity contribution >= 4 is 23.9 Å². The number of carbonyl (C=O) groups is 4. The van der Waals surface area contributed by atoms with Crippen LogP contribution in [-0.2, 0) is 91.1 Å². The fourth-order valence-corrected chi connectivity index (χ4v) is 15.5. The lowest BCUT2D eigenvalue weighted by Gasteiger charge is -2.58. The molecular formula is C68H92O15. The third-order valence-corrected chi connectivity index (χ3v) is 19.4. The lowest BCUT2D eigenvalue weighted by Crippen LogP contribution is -2.67. The van der Waals surface area contributed by atoms with Gasteiger partial charge in [0.15, 0.2) is 30.9 Å². The van der Waals surface area contributed by atoms with E-state index in [1.807, 2.05) is 91.0 Å². The van der Waals surface area contributed by atoms with Crippen molar-refractivity contribution in [2.24, 2.45) is 46.3 Å². The van der Waals surface area contributed by atoms with Gasteiger partial charge >= 0.3 is 23.9 Å². The van der Waals surface area contributed by atoms with Crippen molar-refractivity contribution in [3.63, 3.8) is 0 Å². The van der Waals surface area contributed by atoms with E-state index in [0.717, 1.165) is 59.6 Å². The fraction of sp³-hybridized carbons (Fsp3) is 0.647. The van der Waals surface area contributed by atoms with Gasteiger partial charge in [0, 0.05) is 27.7 Å². The summed E-state index contributed by atoms with van der Waals surface area (Å²) in [7, 11) is 0. The van der Waals surface area contributed by atoms with Gasteiger partial charge in [0.05, 0.1) is 32.5 Å². The Morgan fingerprint density at radius 2 is 1.13 bits per heavy atom. The second-order valence-corrected chi connectivity index (χ2v) is 25.5. The molecule has 0 amide bonds. The Morgan fingerprint density at radius 1 is 0.566 bits per heavy atom. The van der Waals surface area contributed by atoms with Gasteiger partial charge in [-0.05, 0) is 114 Å². The molecule has 9 rings (SSSR count). The summed E-state index contributed by atoms with van der Waals surface area (Å²) in [6.45, 7) is 17.4. The Morgan fingerprint density at radius 3 is 1.73 bits per heavy atom. The molecular weight excluding hydrogens is 1060 g/mol. The van der Waals surface area contributed by atoms with Crippen molar-refractivity contribution in [2.75, 3.05) is 13.2 Å². The van der Waals surface area contributed by atoms with Crippen molar-refractivity contribution in [3.05, 3.63) is 119 Å². The molecule has 0 radical (unpaired) electrons. The summed E-state index contributed by atoms with van der Waals surface area (Å²) in [6, 6.07) is 29.5. The summed E-state index contributed by atoms with van der Waals surface area (Å²) >= 11 is 0. The van der Waals surface area contributed by atoms with Crippen LogP contribution < -0.4 is 0 Å². The predicted octanol–water partition coefficient (Wildman–Crippen LogP) is 12.0. The third-order valence-electron chi connectivity index (χ3n) is 19.4. The average molecular weight is 1150 g/mol. The third kappa shape index (κ3) is 15.3. The molecule has 6 aliphatic rings. The number of hydrogen-bond donors (Lipinski definition) is 0. The highest BCUT2D eigenvalue weighted by atomic mass is 16.8. The number of rotatable bonds is 24. The summed E-state index contributed by atoms with van der Waals surface area (Å²) in [5.41, 5.74) is 4.59. The van der Waals surface area contributed by atoms with Gasteiger partial charge in [-0.1, -0.05) is 157 Å². The van der Waals surface area contributed by atoms with E-state index in [0.29, 0.717) is 30.3 Å². The monoisotopic (exact) mass is 1150 g/mol. The van der Waals surface area contributed by atoms with E-state index in [-0.39, 0.29) is 31.3 Å². The molecule has 5 fully saturated rings. The van der Waals surface area contributed by atoms with Gasteiger partial charge in [0.1, 0.15) is 37.1 Å². The molecule has 83 heavy (non-hydrogen) atoms. The van der Waals surface area contributed by atoms with Crippen LogP contribution in [0.1, 0.15) is 150 Å². The minimum Gasteiger partial charge on any atom is -0.463 e. The Balaban J connectivity index is 1.07. The smallest absolute Gasteiger partial charge is 0.303 e. The number of benzene rings is 3. The Kier molecular flexibility index (Phi) is 21.4. The molecule has 0 spiro atoms. The molecule has 3 aromatic rings. The minimum absolute atomic E-state index is 0.0221. The van der Waals surface area contributed by atoms with Crippen molar-refractivity contribution < 1.29 is 71.3 Å². The molecule has 15 heteroatoms. The van der Waals surface area contributed by atoms with E-state index in [9.17, 15) is 19.2 Å². The highest BCUT2D eigenvalue weighted by Gasteiger charge is 2.61. The number of carbonyl (C=O) groups excluding carboxylic acids is 4. The zero-order valence-corrected chi connectivity index (χ0v) is 50.5. The van der Waals surface area contributed by atoms with Crippen LogP contribution in [0.25, 0.3) is 0 Å². The number of hydrogen-bond acceptors (Lipinski definition) is 15. The first-order valence-corrected chi connectivity index (χ1v) is 30.8. The molecule has 3 saturated carbocycles. The lowest BCUT2D eigenvalue weighted by atomic mass is 9.47. The first-order chi connectivity index (χ1) is 39.9. The molecule has 0 aromatic heterocycles. The fourth-order valence-electron chi connectivity index (χ4n) is 15.5. The molecule has 15 nitrogen and oxygen atoms in total. The van der Waals surface area contributed by atoms with Crippen molar-refractivity contribution in [1.29, 1.82) is 0 Å². The van der Waals surface area contributed by atoms with Crippen LogP contribution >= 0.6 is 0 Å². The lowest BCUT2D eigenvalue weighted by molar-refractivity contribution is -0.380. The summed E-state index contributed by atoms with van der Waals surface area (Å²) in [5, 5.41) is 0. The maximum absolute atomic E-state index is 13.2. The number of allylic oxidation sites excluding steroid dienone is 1. The Labute approximate surface area is 492 Å². The molecule has 2 aliphatic heterocycles. The molecule has 2 saturated heterocycles. The predicted molar refractivity (Wildman–Crippen MR) is 310 cm³/mol. The number of fused-ring (bicyclic) bond motifs is 5. The number of esters is 4. The van der Waals surface area contributed by atoms with Crippen molar-refractivity contribution in [2.45, 2.75) is 220 Å². The molecule has 3 aromatic carbocycles. The molecule has 0 unspecified atom stereocenters. The second-order valence-electron chi connectivity index (χ2n) is 25.5. The standard InChI is InChI=1S/C68H92O15/c1-42(2)20-19-21-43(3)54-30-31-55-53-29-28-51-36-52(32-34-67(51,8)56(53)33-35-68(54,55)9)80-65-63(83-66-64(79-47(7)72)62(78-46(6)71)60(77-45(5)70)58(82-66)41-74-44(4)69)61(76-39-50-26-17-12-18-27-50)59(75-38-49-24-15-11-16-25-49)57(81-65)40-73-37-48-22-13-10-14-23-48/h10-18,22-28,42-43,52-66H,19-21,29-41H2,1-9H3/t43-,52+,53+,54-,55+,56+,57-,58-,59-,60+,61+,62+,63-,64-,65-,66+,67+,68-/m1/s1. The molecule has 0 N–H and O–H groups in total. The van der Waals surface area contributed by atoms with Gasteiger partial charge in [0.25, 0.3) is 0 Å². The summed E-state index contributed by atoms with van der Waals surface area (Å²) in [5.74, 6) is 1.31. The Bertz CT molecular complexity index is 2610. The molecule has 0 bridgehead atoms. The SMILES string of the molecule is CC(=O)OC[C@H]1O[C@@H](O[C@H]2[C@H](O[C@H]3CC[C@@]4(C)C(=CC[C@H]5[C@@H]6CC[C@H]([C@H](C)CCCC(C)C)[C@@]6(C)CC[C@@H]54)C3)O[C@H](COCc3ccccc3)[C@@H](OCc3ccccc3)[C@@H]2OCc2ccccc2)[C@H](OC(C)=O)[C@@H](OC(C)=O)[C@H]1OC(C)=O. The van der Waals surface area contributed by atoms with Gasteiger partial charge in [-0.2, -0.15) is 0 Å². The van der Waals surface area contributed by atoms with Crippen molar-refractivity contribution in [1.82, 2.24) is 0 Å². The van der Waals surface area contributed by atoms with Crippen LogP contribution in [-0.4, -0.2) is 105 Å². The quantitative estimate of drug-likeness (QED) is 0.0471. The van der Waals surface area contributed by atoms with E-state index >= 15 is 0 Å². The molecule has 454 valence electrons. The minimum atomic E-state index is -1.58. The van der Waals surface area contributed by atoms with E-state index in [2.05, 4.69) is 40.7 Å². The highest BCUT2D eigenvalue weighted by molar-refractivity contribution is 5.68. The first kappa shape index (κ1) is 62.5. The second kappa shape index (κ2) is 28.5. The van der Waals surface area contributed by atoms with Crippen molar-refractivity contribution in [3.8, 4) is 0 Å². The number of ether oxygens (including phenoxy) is 11. The largest absolute Gasteiger partial charge is 0.463 e. The van der Waals surface area contributed by atoms with Gasteiger partial charge in [-0.25, -0.2) is 0 Å². The van der Waals surface area contributed by atoms with Crippen LogP contribution in [0.4, 0.5) is 0 Å². The molecule has 2 heterocycles. The van der Waals surface area contributed by atoms with Crippen LogP contribution in [0.15, 0.2) is 103 Å². The maximum atomic E-state index is 13.2. The summed E-state index contributed by atoms with van der Waals surface area (Å²) < 4.78 is 72.3. The van der Waals surface area contributed by atoms with Gasteiger partial charge in [-0.15, -0.1) is 0 Å². The Hall–Kier alpha value is -5.00. The topological polar surface area (TPSA) is 170 Å². The van der Waals surface area contributed by atoms with Crippen LogP contribution in [0, 0.1) is 46.3 Å². The van der Waals surface area contributed by atoms with Gasteiger partial charge in [0.2, 0.25) is 0 Å².